The number of hydrogen-bond donors (Lipinski definition) is 3. The normalized spacial score (nSPS) is 13.0. The predicted octanol–water partition coefficient (Wildman–Crippen LogP) is 4.69. The molecule has 0 aliphatic carbocycles. The third kappa shape index (κ3) is 4.88. The number of benzene rings is 3. The Hall–Kier alpha value is -4.26. The van der Waals surface area contributed by atoms with Crippen LogP contribution in [-0.4, -0.2) is 36.6 Å². The molecule has 1 aliphatic rings. The monoisotopic (exact) mass is 454 g/mol. The number of aryl methyl sites for hydroxylation is 1. The van der Waals surface area contributed by atoms with Gasteiger partial charge in [0.2, 0.25) is 5.96 Å². The van der Waals surface area contributed by atoms with Crippen molar-refractivity contribution >= 4 is 28.5 Å². The van der Waals surface area contributed by atoms with Gasteiger partial charge in [-0.1, -0.05) is 35.9 Å². The van der Waals surface area contributed by atoms with E-state index in [-0.39, 0.29) is 5.91 Å². The molecule has 0 spiro atoms. The molecule has 0 bridgehead atoms. The Bertz CT molecular complexity index is 1340. The van der Waals surface area contributed by atoms with E-state index in [1.165, 1.54) is 10.9 Å². The number of ether oxygens (including phenoxy) is 2. The van der Waals surface area contributed by atoms with Crippen LogP contribution in [0.1, 0.15) is 21.5 Å². The molecule has 7 nitrogen and oxygen atoms in total. The molecule has 7 heteroatoms. The molecule has 3 N–H and O–H groups in total. The molecule has 172 valence electrons. The number of para-hydroxylation sites is 1. The number of hydrogen-bond acceptors (Lipinski definition) is 4. The standard InChI is InChI=1S/C27H26N4O3/c1-18-6-8-19(9-7-18)26(32)31-27(30-21-10-11-24-25(16-21)34-15-14-33-24)28-13-12-20-17-29-23-5-3-2-4-22(20)23/h2-11,16-17,29H,12-15H2,1H3,(H2,28,30,31,32). The van der Waals surface area contributed by atoms with Crippen LogP contribution < -0.4 is 20.1 Å². The van der Waals surface area contributed by atoms with Gasteiger partial charge in [-0.15, -0.1) is 0 Å². The van der Waals surface area contributed by atoms with Gasteiger partial charge in [-0.3, -0.25) is 15.1 Å². The number of carbonyl (C=O) groups excluding carboxylic acids is 1. The van der Waals surface area contributed by atoms with Crippen LogP contribution >= 0.6 is 0 Å². The molecule has 1 aromatic heterocycles. The van der Waals surface area contributed by atoms with Crippen LogP contribution in [0.4, 0.5) is 5.69 Å². The van der Waals surface area contributed by atoms with E-state index in [9.17, 15) is 4.79 Å². The first kappa shape index (κ1) is 21.6. The summed E-state index contributed by atoms with van der Waals surface area (Å²) in [6, 6.07) is 21.2. The van der Waals surface area contributed by atoms with Gasteiger partial charge in [0.15, 0.2) is 11.5 Å². The fourth-order valence-corrected chi connectivity index (χ4v) is 3.88. The van der Waals surface area contributed by atoms with Crippen molar-refractivity contribution in [3.63, 3.8) is 0 Å². The molecule has 0 fully saturated rings. The highest BCUT2D eigenvalue weighted by Crippen LogP contribution is 2.32. The third-order valence-corrected chi connectivity index (χ3v) is 5.68. The minimum Gasteiger partial charge on any atom is -0.486 e. The molecule has 2 heterocycles. The number of aromatic nitrogens is 1. The summed E-state index contributed by atoms with van der Waals surface area (Å²) in [7, 11) is 0. The van der Waals surface area contributed by atoms with Crippen molar-refractivity contribution in [2.45, 2.75) is 13.3 Å². The Labute approximate surface area is 197 Å². The average Bonchev–Trinajstić information content (AvgIpc) is 3.27. The number of nitrogens with one attached hydrogen (secondary N) is 3. The van der Waals surface area contributed by atoms with Gasteiger partial charge in [0.05, 0.1) is 0 Å². The zero-order valence-electron chi connectivity index (χ0n) is 18.9. The van der Waals surface area contributed by atoms with E-state index in [0.717, 1.165) is 23.2 Å². The summed E-state index contributed by atoms with van der Waals surface area (Å²) in [6.07, 6.45) is 2.75. The molecule has 0 unspecified atom stereocenters. The molecule has 1 amide bonds. The number of anilines is 1. The van der Waals surface area contributed by atoms with Crippen LogP contribution in [-0.2, 0) is 6.42 Å². The number of rotatable bonds is 5. The summed E-state index contributed by atoms with van der Waals surface area (Å²) >= 11 is 0. The van der Waals surface area contributed by atoms with Gasteiger partial charge < -0.3 is 19.8 Å². The second-order valence-corrected chi connectivity index (χ2v) is 8.14. The highest BCUT2D eigenvalue weighted by Gasteiger charge is 2.14. The number of guanidine groups is 1. The highest BCUT2D eigenvalue weighted by molar-refractivity contribution is 6.10. The van der Waals surface area contributed by atoms with Gasteiger partial charge in [-0.2, -0.15) is 0 Å². The summed E-state index contributed by atoms with van der Waals surface area (Å²) in [6.45, 7) is 3.53. The molecule has 5 rings (SSSR count). The van der Waals surface area contributed by atoms with E-state index in [0.29, 0.717) is 42.8 Å². The van der Waals surface area contributed by atoms with Gasteiger partial charge in [-0.05, 0) is 49.2 Å². The van der Waals surface area contributed by atoms with Gasteiger partial charge in [0.25, 0.3) is 5.91 Å². The lowest BCUT2D eigenvalue weighted by Gasteiger charge is -2.19. The molecule has 4 aromatic rings. The van der Waals surface area contributed by atoms with E-state index in [2.05, 4.69) is 32.7 Å². The van der Waals surface area contributed by atoms with E-state index in [1.807, 2.05) is 55.6 Å². The Balaban J connectivity index is 1.35. The van der Waals surface area contributed by atoms with Crippen LogP contribution in [0.25, 0.3) is 10.9 Å². The van der Waals surface area contributed by atoms with Crippen LogP contribution in [0.15, 0.2) is 77.9 Å². The predicted molar refractivity (Wildman–Crippen MR) is 134 cm³/mol. The van der Waals surface area contributed by atoms with E-state index in [4.69, 9.17) is 9.47 Å². The SMILES string of the molecule is Cc1ccc(C(=O)NC(=NCCc2c[nH]c3ccccc23)Nc2ccc3c(c2)OCCO3)cc1. The zero-order chi connectivity index (χ0) is 23.3. The van der Waals surface area contributed by atoms with Crippen molar-refractivity contribution in [2.24, 2.45) is 4.99 Å². The Morgan fingerprint density at radius 2 is 1.79 bits per heavy atom. The van der Waals surface area contributed by atoms with Crippen molar-refractivity contribution in [3.8, 4) is 11.5 Å². The number of fused-ring (bicyclic) bond motifs is 2. The first-order valence-corrected chi connectivity index (χ1v) is 11.3. The number of H-pyrrole nitrogens is 1. The van der Waals surface area contributed by atoms with Crippen LogP contribution in [0.5, 0.6) is 11.5 Å². The quantitative estimate of drug-likeness (QED) is 0.302. The van der Waals surface area contributed by atoms with Gasteiger partial charge in [0, 0.05) is 41.0 Å². The second kappa shape index (κ2) is 9.70. The first-order chi connectivity index (χ1) is 16.7. The zero-order valence-corrected chi connectivity index (χ0v) is 18.9. The topological polar surface area (TPSA) is 87.7 Å². The van der Waals surface area contributed by atoms with Crippen LogP contribution in [0.2, 0.25) is 0 Å². The van der Waals surface area contributed by atoms with Gasteiger partial charge in [-0.25, -0.2) is 0 Å². The van der Waals surface area contributed by atoms with Gasteiger partial charge in [0.1, 0.15) is 13.2 Å². The lowest BCUT2D eigenvalue weighted by molar-refractivity contribution is 0.0977. The van der Waals surface area contributed by atoms with E-state index >= 15 is 0 Å². The molecule has 0 saturated carbocycles. The summed E-state index contributed by atoms with van der Waals surface area (Å²) in [4.78, 5) is 20.9. The maximum absolute atomic E-state index is 12.9. The summed E-state index contributed by atoms with van der Waals surface area (Å²) in [5.74, 6) is 1.52. The summed E-state index contributed by atoms with van der Waals surface area (Å²) in [5, 5.41) is 7.33. The Morgan fingerprint density at radius 1 is 1.00 bits per heavy atom. The third-order valence-electron chi connectivity index (χ3n) is 5.68. The molecular formula is C27H26N4O3. The lowest BCUT2D eigenvalue weighted by Crippen LogP contribution is -2.36. The molecule has 34 heavy (non-hydrogen) atoms. The van der Waals surface area contributed by atoms with Crippen molar-refractivity contribution < 1.29 is 14.3 Å². The van der Waals surface area contributed by atoms with E-state index in [1.54, 1.807) is 12.1 Å². The Kier molecular flexibility index (Phi) is 6.16. The van der Waals surface area contributed by atoms with Crippen molar-refractivity contribution in [1.29, 1.82) is 0 Å². The minimum atomic E-state index is -0.226. The van der Waals surface area contributed by atoms with Crippen molar-refractivity contribution in [1.82, 2.24) is 10.3 Å². The number of carbonyl (C=O) groups is 1. The smallest absolute Gasteiger partial charge is 0.257 e. The van der Waals surface area contributed by atoms with Crippen molar-refractivity contribution in [3.05, 3.63) is 89.6 Å². The largest absolute Gasteiger partial charge is 0.486 e. The number of aromatic amines is 1. The number of amides is 1. The molecule has 0 radical (unpaired) electrons. The Morgan fingerprint density at radius 3 is 2.65 bits per heavy atom. The molecule has 0 saturated heterocycles. The average molecular weight is 455 g/mol. The summed E-state index contributed by atoms with van der Waals surface area (Å²) < 4.78 is 11.3. The summed E-state index contributed by atoms with van der Waals surface area (Å²) in [5.41, 5.74) is 4.70. The fourth-order valence-electron chi connectivity index (χ4n) is 3.88. The van der Waals surface area contributed by atoms with Crippen LogP contribution in [0, 0.1) is 6.92 Å². The molecule has 3 aromatic carbocycles. The number of nitrogens with zero attached hydrogens (tertiary/aromatic N) is 1. The fraction of sp³-hybridized carbons (Fsp3) is 0.185. The van der Waals surface area contributed by atoms with Crippen LogP contribution in [0.3, 0.4) is 0 Å². The van der Waals surface area contributed by atoms with Gasteiger partial charge >= 0.3 is 0 Å². The molecule has 1 aliphatic heterocycles. The second-order valence-electron chi connectivity index (χ2n) is 8.14. The first-order valence-electron chi connectivity index (χ1n) is 11.3. The number of aliphatic imine (C=N–C) groups is 1. The minimum absolute atomic E-state index is 0.226. The molecular weight excluding hydrogens is 428 g/mol. The lowest BCUT2D eigenvalue weighted by atomic mass is 10.1. The maximum atomic E-state index is 12.9. The highest BCUT2D eigenvalue weighted by atomic mass is 16.6. The molecule has 0 atom stereocenters. The van der Waals surface area contributed by atoms with E-state index < -0.39 is 0 Å². The maximum Gasteiger partial charge on any atom is 0.257 e. The van der Waals surface area contributed by atoms with Crippen molar-refractivity contribution in [2.75, 3.05) is 25.1 Å².